The molecule has 0 aromatic carbocycles. The summed E-state index contributed by atoms with van der Waals surface area (Å²) in [5, 5.41) is 14.2. The van der Waals surface area contributed by atoms with Crippen LogP contribution in [0.3, 0.4) is 0 Å². The molecule has 0 radical (unpaired) electrons. The monoisotopic (exact) mass is 1360 g/mol. The number of rotatable bonds is 80. The highest BCUT2D eigenvalue weighted by Gasteiger charge is 2.24. The van der Waals surface area contributed by atoms with Crippen molar-refractivity contribution in [1.29, 1.82) is 0 Å². The number of phosphoric acid groups is 1. The summed E-state index contributed by atoms with van der Waals surface area (Å²) >= 11 is 0. The Hall–Kier alpha value is -1.54. The van der Waals surface area contributed by atoms with Crippen LogP contribution in [0.15, 0.2) is 48.6 Å². The number of hydrogen-bond donors (Lipinski definition) is 2. The van der Waals surface area contributed by atoms with Crippen LogP contribution >= 0.6 is 7.82 Å². The first-order chi connectivity index (χ1) is 46.5. The van der Waals surface area contributed by atoms with Crippen molar-refractivity contribution in [3.63, 3.8) is 0 Å². The molecule has 0 heterocycles. The van der Waals surface area contributed by atoms with Crippen LogP contribution in [0.4, 0.5) is 0 Å². The number of aliphatic hydroxyl groups excluding tert-OH is 1. The van der Waals surface area contributed by atoms with Gasteiger partial charge in [0.05, 0.1) is 39.9 Å². The van der Waals surface area contributed by atoms with E-state index in [9.17, 15) is 19.4 Å². The molecule has 3 atom stereocenters. The van der Waals surface area contributed by atoms with Crippen molar-refractivity contribution in [3.05, 3.63) is 48.6 Å². The highest BCUT2D eigenvalue weighted by molar-refractivity contribution is 7.45. The van der Waals surface area contributed by atoms with E-state index in [-0.39, 0.29) is 19.1 Å². The van der Waals surface area contributed by atoms with Crippen LogP contribution in [-0.4, -0.2) is 68.5 Å². The zero-order chi connectivity index (χ0) is 69.0. The molecule has 3 unspecified atom stereocenters. The van der Waals surface area contributed by atoms with Gasteiger partial charge in [-0.15, -0.1) is 0 Å². The molecule has 95 heavy (non-hydrogen) atoms. The average Bonchev–Trinajstić information content (AvgIpc) is 2.01. The number of amides is 1. The Morgan fingerprint density at radius 3 is 0.937 bits per heavy atom. The van der Waals surface area contributed by atoms with Crippen molar-refractivity contribution in [2.24, 2.45) is 0 Å². The van der Waals surface area contributed by atoms with Gasteiger partial charge < -0.3 is 28.8 Å². The van der Waals surface area contributed by atoms with Gasteiger partial charge in [-0.2, -0.15) is 0 Å². The smallest absolute Gasteiger partial charge is 0.268 e. The van der Waals surface area contributed by atoms with Crippen LogP contribution in [0, 0.1) is 0 Å². The number of carbonyl (C=O) groups is 1. The number of nitrogens with zero attached hydrogens (tertiary/aromatic N) is 1. The molecule has 0 spiro atoms. The third kappa shape index (κ3) is 79.7. The Bertz CT molecular complexity index is 1690. The first-order valence-electron chi connectivity index (χ1n) is 42.5. The summed E-state index contributed by atoms with van der Waals surface area (Å²) in [4.78, 5) is 25.8. The first-order valence-corrected chi connectivity index (χ1v) is 43.9. The van der Waals surface area contributed by atoms with Crippen molar-refractivity contribution >= 4 is 13.7 Å². The number of phosphoric ester groups is 1. The number of nitrogens with one attached hydrogen (secondary N) is 1. The van der Waals surface area contributed by atoms with Crippen molar-refractivity contribution in [2.75, 3.05) is 40.9 Å². The van der Waals surface area contributed by atoms with E-state index in [0.29, 0.717) is 23.9 Å². The maximum absolute atomic E-state index is 13.1. The van der Waals surface area contributed by atoms with Gasteiger partial charge in [0, 0.05) is 6.42 Å². The Labute approximate surface area is 594 Å². The molecule has 1 amide bonds. The fourth-order valence-electron chi connectivity index (χ4n) is 13.3. The SMILES string of the molecule is CC/C=C\C/C=C\C/C=C\C/C=C\CCCCCCCCCCCCCCCCCCCCCCCCCCCCCCC(=O)NC(COP(=O)([O-])OCC[N+](C)(C)C)C(O)CCCCCCCCCCCCCCCCCCCCCCCCCCCCCCCCCC. The third-order valence-electron chi connectivity index (χ3n) is 19.8. The molecule has 0 rings (SSSR count). The van der Waals surface area contributed by atoms with E-state index in [1.807, 2.05) is 21.1 Å². The summed E-state index contributed by atoms with van der Waals surface area (Å²) in [7, 11) is 1.33. The van der Waals surface area contributed by atoms with E-state index in [2.05, 4.69) is 67.8 Å². The molecule has 0 bridgehead atoms. The highest BCUT2D eigenvalue weighted by Crippen LogP contribution is 2.38. The second-order valence-corrected chi connectivity index (χ2v) is 31.9. The number of likely N-dealkylation sites (N-methyl/N-ethyl adjacent to an activating group) is 1. The Balaban J connectivity index is 3.86. The Morgan fingerprint density at radius 2 is 0.642 bits per heavy atom. The molecule has 8 nitrogen and oxygen atoms in total. The van der Waals surface area contributed by atoms with Crippen LogP contribution in [0.5, 0.6) is 0 Å². The minimum Gasteiger partial charge on any atom is -0.756 e. The van der Waals surface area contributed by atoms with Crippen LogP contribution in [-0.2, 0) is 18.4 Å². The van der Waals surface area contributed by atoms with Gasteiger partial charge in [-0.05, 0) is 51.4 Å². The van der Waals surface area contributed by atoms with Crippen LogP contribution in [0.25, 0.3) is 0 Å². The lowest BCUT2D eigenvalue weighted by atomic mass is 10.0. The van der Waals surface area contributed by atoms with Crippen LogP contribution in [0.2, 0.25) is 0 Å². The predicted octanol–water partition coefficient (Wildman–Crippen LogP) is 27.4. The van der Waals surface area contributed by atoms with Crippen molar-refractivity contribution in [2.45, 2.75) is 456 Å². The molecule has 9 heteroatoms. The Kier molecular flexibility index (Phi) is 75.4. The standard InChI is InChI=1S/C86H167N2O6P/c1-6-8-10-12-14-16-18-20-22-24-26-28-30-32-34-36-38-40-41-42-43-44-45-46-47-48-50-52-54-56-58-60-62-64-66-68-70-72-74-76-78-80-86(90)87-84(83-94-95(91,92)93-82-81-88(3,4)5)85(89)79-77-75-73-71-69-67-65-63-61-59-57-55-53-51-49-39-37-35-33-31-29-27-25-23-21-19-17-15-13-11-9-7-2/h8,10,14,16,20,22,26,28,84-85,89H,6-7,9,11-13,15,17-19,21,23-25,27,29-83H2,1-5H3,(H-,87,90,91,92)/b10-8-,16-14-,22-20-,28-26-. The number of carbonyl (C=O) groups excluding carboxylic acids is 1. The lowest BCUT2D eigenvalue weighted by molar-refractivity contribution is -0.870. The molecule has 0 saturated carbocycles. The first kappa shape index (κ1) is 93.5. The van der Waals surface area contributed by atoms with Gasteiger partial charge in [0.15, 0.2) is 0 Å². The summed E-state index contributed by atoms with van der Waals surface area (Å²) in [5.74, 6) is -0.154. The van der Waals surface area contributed by atoms with Gasteiger partial charge in [0.1, 0.15) is 13.2 Å². The van der Waals surface area contributed by atoms with E-state index in [4.69, 9.17) is 9.05 Å². The van der Waals surface area contributed by atoms with Gasteiger partial charge in [-0.3, -0.25) is 9.36 Å². The Morgan fingerprint density at radius 1 is 0.379 bits per heavy atom. The molecule has 2 N–H and O–H groups in total. The van der Waals surface area contributed by atoms with E-state index in [1.165, 1.54) is 353 Å². The normalized spacial score (nSPS) is 13.6. The molecule has 562 valence electrons. The molecule has 0 aliphatic heterocycles. The number of unbranched alkanes of at least 4 members (excludes halogenated alkanes) is 59. The number of quaternary nitrogens is 1. The molecule has 0 aromatic rings. The minimum absolute atomic E-state index is 0.0151. The van der Waals surface area contributed by atoms with Crippen molar-refractivity contribution in [3.8, 4) is 0 Å². The minimum atomic E-state index is -4.58. The zero-order valence-corrected chi connectivity index (χ0v) is 65.5. The number of aliphatic hydroxyl groups is 1. The predicted molar refractivity (Wildman–Crippen MR) is 418 cm³/mol. The number of allylic oxidation sites excluding steroid dienone is 8. The quantitative estimate of drug-likeness (QED) is 0.0272. The van der Waals surface area contributed by atoms with Gasteiger partial charge in [-0.1, -0.05) is 435 Å². The maximum atomic E-state index is 13.1. The van der Waals surface area contributed by atoms with Crippen LogP contribution < -0.4 is 10.2 Å². The van der Waals surface area contributed by atoms with E-state index < -0.39 is 20.0 Å². The van der Waals surface area contributed by atoms with E-state index >= 15 is 0 Å². The van der Waals surface area contributed by atoms with E-state index in [0.717, 1.165) is 64.2 Å². The fourth-order valence-corrected chi connectivity index (χ4v) is 14.1. The summed E-state index contributed by atoms with van der Waals surface area (Å²) in [6.07, 6.45) is 106. The van der Waals surface area contributed by atoms with Gasteiger partial charge in [0.2, 0.25) is 5.91 Å². The molecular formula is C86H167N2O6P. The third-order valence-corrected chi connectivity index (χ3v) is 20.8. The van der Waals surface area contributed by atoms with Gasteiger partial charge >= 0.3 is 0 Å². The number of hydrogen-bond acceptors (Lipinski definition) is 6. The van der Waals surface area contributed by atoms with Gasteiger partial charge in [-0.25, -0.2) is 0 Å². The summed E-state index contributed by atoms with van der Waals surface area (Å²) in [5.41, 5.74) is 0. The summed E-state index contributed by atoms with van der Waals surface area (Å²) < 4.78 is 23.6. The maximum Gasteiger partial charge on any atom is 0.268 e. The van der Waals surface area contributed by atoms with Gasteiger partial charge in [0.25, 0.3) is 7.82 Å². The van der Waals surface area contributed by atoms with E-state index in [1.54, 1.807) is 0 Å². The molecule has 0 fully saturated rings. The molecule has 0 aromatic heterocycles. The molecule has 0 aliphatic carbocycles. The van der Waals surface area contributed by atoms with Crippen LogP contribution in [0.1, 0.15) is 444 Å². The average molecular weight is 1360 g/mol. The molecule has 0 aliphatic rings. The molecular weight excluding hydrogens is 1190 g/mol. The lowest BCUT2D eigenvalue weighted by Crippen LogP contribution is -2.46. The molecule has 0 saturated heterocycles. The topological polar surface area (TPSA) is 108 Å². The largest absolute Gasteiger partial charge is 0.756 e. The fraction of sp³-hybridized carbons (Fsp3) is 0.895. The summed E-state index contributed by atoms with van der Waals surface area (Å²) in [6, 6.07) is -0.801. The highest BCUT2D eigenvalue weighted by atomic mass is 31.2. The zero-order valence-electron chi connectivity index (χ0n) is 64.7. The van der Waals surface area contributed by atoms with Crippen molar-refractivity contribution in [1.82, 2.24) is 5.32 Å². The lowest BCUT2D eigenvalue weighted by Gasteiger charge is -2.30. The summed E-state index contributed by atoms with van der Waals surface area (Å²) in [6.45, 7) is 4.68. The second kappa shape index (κ2) is 76.6. The van der Waals surface area contributed by atoms with Crippen molar-refractivity contribution < 1.29 is 32.9 Å². The second-order valence-electron chi connectivity index (χ2n) is 30.5.